The second-order valence-corrected chi connectivity index (χ2v) is 10.8. The zero-order valence-corrected chi connectivity index (χ0v) is 20.4. The molecule has 16 heteroatoms. The fourth-order valence-corrected chi connectivity index (χ4v) is 6.04. The molecule has 0 aliphatic carbocycles. The second-order valence-electron chi connectivity index (χ2n) is 7.50. The molecule has 1 aliphatic rings. The third kappa shape index (κ3) is 4.74. The van der Waals surface area contributed by atoms with Crippen LogP contribution in [0.5, 0.6) is 0 Å². The van der Waals surface area contributed by atoms with Gasteiger partial charge in [-0.15, -0.1) is 12.6 Å². The van der Waals surface area contributed by atoms with E-state index in [9.17, 15) is 39.9 Å². The molecule has 3 rings (SSSR count). The Balaban J connectivity index is 1.83. The van der Waals surface area contributed by atoms with Gasteiger partial charge in [0.15, 0.2) is 0 Å². The Hall–Kier alpha value is -1.62. The van der Waals surface area contributed by atoms with E-state index in [1.807, 2.05) is 0 Å². The lowest BCUT2D eigenvalue weighted by Gasteiger charge is -2.39. The molecule has 1 saturated heterocycles. The predicted octanol–water partition coefficient (Wildman–Crippen LogP) is 3.74. The van der Waals surface area contributed by atoms with Gasteiger partial charge in [0.05, 0.1) is 4.90 Å². The number of halogens is 7. The number of thiol groups is 1. The first-order valence-electron chi connectivity index (χ1n) is 9.44. The number of sulfonamides is 1. The molecule has 0 saturated carbocycles. The van der Waals surface area contributed by atoms with Crippen LogP contribution in [0, 0.1) is 0 Å². The van der Waals surface area contributed by atoms with Gasteiger partial charge < -0.3 is 10.0 Å². The fourth-order valence-electron chi connectivity index (χ4n) is 3.42. The summed E-state index contributed by atoms with van der Waals surface area (Å²) in [7, 11) is -3.94. The Morgan fingerprint density at radius 2 is 1.65 bits per heavy atom. The maximum Gasteiger partial charge on any atom is 0.430 e. The van der Waals surface area contributed by atoms with Crippen molar-refractivity contribution in [2.24, 2.45) is 0 Å². The molecule has 0 radical (unpaired) electrons. The summed E-state index contributed by atoms with van der Waals surface area (Å²) in [5.41, 5.74) is -6.72. The molecule has 0 amide bonds. The van der Waals surface area contributed by atoms with E-state index in [1.54, 1.807) is 13.0 Å². The van der Waals surface area contributed by atoms with E-state index in [1.165, 1.54) is 21.3 Å². The number of aromatic nitrogens is 2. The van der Waals surface area contributed by atoms with E-state index < -0.39 is 39.6 Å². The topological polar surface area (TPSA) is 86.6 Å². The highest BCUT2D eigenvalue weighted by atomic mass is 79.9. The summed E-state index contributed by atoms with van der Waals surface area (Å²) in [6.45, 7) is 1.51. The average molecular weight is 595 g/mol. The van der Waals surface area contributed by atoms with Crippen molar-refractivity contribution in [3.05, 3.63) is 40.6 Å². The van der Waals surface area contributed by atoms with E-state index in [0.29, 0.717) is 4.47 Å². The molecule has 1 aromatic carbocycles. The summed E-state index contributed by atoms with van der Waals surface area (Å²) in [6.07, 6.45) is -11.6. The Labute approximate surface area is 204 Å². The minimum Gasteiger partial charge on any atom is -0.369 e. The van der Waals surface area contributed by atoms with Crippen molar-refractivity contribution < 1.29 is 39.9 Å². The Bertz CT molecular complexity index is 1150. The van der Waals surface area contributed by atoms with Crippen LogP contribution < -0.4 is 4.90 Å². The average Bonchev–Trinajstić information content (AvgIpc) is 2.73. The number of alkyl halides is 6. The minimum atomic E-state index is -6.05. The number of nitrogens with zero attached hydrogens (tertiary/aromatic N) is 4. The molecular weight excluding hydrogens is 578 g/mol. The van der Waals surface area contributed by atoms with Crippen LogP contribution in [0.15, 0.2) is 44.9 Å². The summed E-state index contributed by atoms with van der Waals surface area (Å²) in [5.74, 6) is -0.211. The molecule has 1 aliphatic heterocycles. The normalized spacial score (nSPS) is 18.9. The molecule has 1 atom stereocenters. The number of benzene rings is 1. The fraction of sp³-hybridized carbons (Fsp3) is 0.444. The number of rotatable bonds is 4. The third-order valence-corrected chi connectivity index (χ3v) is 8.20. The molecule has 7 nitrogen and oxygen atoms in total. The summed E-state index contributed by atoms with van der Waals surface area (Å²) in [4.78, 5) is 8.83. The van der Waals surface area contributed by atoms with Gasteiger partial charge in [-0.05, 0) is 25.1 Å². The number of aliphatic hydroxyl groups is 1. The van der Waals surface area contributed by atoms with Crippen LogP contribution in [0.1, 0.15) is 12.5 Å². The smallest absolute Gasteiger partial charge is 0.369 e. The first-order chi connectivity index (χ1) is 15.5. The van der Waals surface area contributed by atoms with Crippen molar-refractivity contribution in [2.45, 2.75) is 40.7 Å². The van der Waals surface area contributed by atoms with Gasteiger partial charge in [0, 0.05) is 53.0 Å². The molecule has 1 N–H and O–H groups in total. The monoisotopic (exact) mass is 594 g/mol. The Morgan fingerprint density at radius 1 is 1.09 bits per heavy atom. The van der Waals surface area contributed by atoms with Gasteiger partial charge in [0.1, 0.15) is 0 Å². The van der Waals surface area contributed by atoms with Crippen molar-refractivity contribution >= 4 is 44.5 Å². The number of piperazine rings is 1. The first-order valence-corrected chi connectivity index (χ1v) is 12.1. The van der Waals surface area contributed by atoms with Gasteiger partial charge in [0.2, 0.25) is 16.0 Å². The highest BCUT2D eigenvalue weighted by Gasteiger charge is 2.71. The van der Waals surface area contributed by atoms with Gasteiger partial charge in [0.25, 0.3) is 5.60 Å². The molecule has 2 aromatic rings. The Morgan fingerprint density at radius 3 is 2.15 bits per heavy atom. The van der Waals surface area contributed by atoms with Gasteiger partial charge in [-0.25, -0.2) is 18.4 Å². The van der Waals surface area contributed by atoms with Crippen LogP contribution in [0.3, 0.4) is 0 Å². The molecule has 1 aromatic heterocycles. The summed E-state index contributed by atoms with van der Waals surface area (Å²) >= 11 is 7.40. The van der Waals surface area contributed by atoms with E-state index in [4.69, 9.17) is 0 Å². The van der Waals surface area contributed by atoms with Crippen molar-refractivity contribution in [3.8, 4) is 0 Å². The van der Waals surface area contributed by atoms with E-state index in [2.05, 4.69) is 38.5 Å². The van der Waals surface area contributed by atoms with Crippen LogP contribution in [-0.4, -0.2) is 65.8 Å². The highest BCUT2D eigenvalue weighted by Crippen LogP contribution is 2.49. The largest absolute Gasteiger partial charge is 0.430 e. The van der Waals surface area contributed by atoms with Gasteiger partial charge >= 0.3 is 12.4 Å². The molecule has 0 spiro atoms. The van der Waals surface area contributed by atoms with Crippen LogP contribution >= 0.6 is 28.6 Å². The van der Waals surface area contributed by atoms with Crippen molar-refractivity contribution in [1.82, 2.24) is 14.3 Å². The standard InChI is InChI=1S/C18H17BrF6N4O3S2/c1-10-9-28(34(31,32)14-6-12(19)2-3-13(14)33)4-5-29(10)15-26-7-11(8-27-15)16(30,17(20,21)22)18(23,24)25/h2-3,6-8,10,30,33H,4-5,9H2,1H3/t10-/m0/s1. The first kappa shape index (κ1) is 27.0. The van der Waals surface area contributed by atoms with E-state index >= 15 is 0 Å². The molecule has 2 heterocycles. The van der Waals surface area contributed by atoms with Gasteiger partial charge in [-0.2, -0.15) is 30.6 Å². The van der Waals surface area contributed by atoms with Gasteiger partial charge in [-0.3, -0.25) is 0 Å². The van der Waals surface area contributed by atoms with Crippen LogP contribution in [0.4, 0.5) is 32.3 Å². The van der Waals surface area contributed by atoms with Crippen molar-refractivity contribution in [2.75, 3.05) is 24.5 Å². The molecule has 0 bridgehead atoms. The minimum absolute atomic E-state index is 0.0124. The summed E-state index contributed by atoms with van der Waals surface area (Å²) < 4.78 is 106. The maximum absolute atomic E-state index is 13.1. The van der Waals surface area contributed by atoms with Crippen molar-refractivity contribution in [3.63, 3.8) is 0 Å². The van der Waals surface area contributed by atoms with Crippen LogP contribution in [-0.2, 0) is 15.6 Å². The third-order valence-electron chi connectivity index (χ3n) is 5.26. The van der Waals surface area contributed by atoms with Gasteiger partial charge in [-0.1, -0.05) is 15.9 Å². The quantitative estimate of drug-likeness (QED) is 0.414. The number of hydrogen-bond acceptors (Lipinski definition) is 7. The SMILES string of the molecule is C[C@H]1CN(S(=O)(=O)c2cc(Br)ccc2S)CCN1c1ncc(C(O)(C(F)(F)F)C(F)(F)F)cn1. The lowest BCUT2D eigenvalue weighted by atomic mass is 9.95. The molecular formula is C18H17BrF6N4O3S2. The molecule has 34 heavy (non-hydrogen) atoms. The maximum atomic E-state index is 13.1. The van der Waals surface area contributed by atoms with Crippen molar-refractivity contribution in [1.29, 1.82) is 0 Å². The summed E-state index contributed by atoms with van der Waals surface area (Å²) in [6, 6.07) is 3.97. The second kappa shape index (κ2) is 9.11. The summed E-state index contributed by atoms with van der Waals surface area (Å²) in [5, 5.41) is 9.46. The number of hydrogen-bond donors (Lipinski definition) is 2. The lowest BCUT2D eigenvalue weighted by Crippen LogP contribution is -2.55. The zero-order valence-electron chi connectivity index (χ0n) is 17.1. The molecule has 0 unspecified atom stereocenters. The molecule has 1 fully saturated rings. The van der Waals surface area contributed by atoms with Crippen LogP contribution in [0.25, 0.3) is 0 Å². The van der Waals surface area contributed by atoms with Crippen LogP contribution in [0.2, 0.25) is 0 Å². The van der Waals surface area contributed by atoms with E-state index in [-0.39, 0.29) is 47.8 Å². The predicted molar refractivity (Wildman–Crippen MR) is 115 cm³/mol. The Kier molecular flexibility index (Phi) is 7.23. The van der Waals surface area contributed by atoms with E-state index in [0.717, 1.165) is 0 Å². The molecule has 188 valence electrons. The highest BCUT2D eigenvalue weighted by molar-refractivity contribution is 9.10. The zero-order chi connectivity index (χ0) is 25.7. The lowest BCUT2D eigenvalue weighted by molar-refractivity contribution is -0.376. The number of anilines is 1.